The van der Waals surface area contributed by atoms with Gasteiger partial charge in [-0.2, -0.15) is 5.26 Å². The van der Waals surface area contributed by atoms with Crippen molar-refractivity contribution in [3.8, 4) is 11.8 Å². The van der Waals surface area contributed by atoms with Crippen LogP contribution in [-0.4, -0.2) is 9.55 Å². The van der Waals surface area contributed by atoms with E-state index < -0.39 is 0 Å². The minimum Gasteiger partial charge on any atom is -0.297 e. The highest BCUT2D eigenvalue weighted by molar-refractivity contribution is 5.84. The summed E-state index contributed by atoms with van der Waals surface area (Å²) in [7, 11) is 0. The van der Waals surface area contributed by atoms with Crippen LogP contribution in [0.25, 0.3) is 16.7 Å². The highest BCUT2D eigenvalue weighted by atomic mass is 19.1. The third-order valence-corrected chi connectivity index (χ3v) is 2.80. The van der Waals surface area contributed by atoms with E-state index in [1.807, 2.05) is 0 Å². The second-order valence-electron chi connectivity index (χ2n) is 3.85. The Morgan fingerprint density at radius 3 is 2.78 bits per heavy atom. The van der Waals surface area contributed by atoms with E-state index in [-0.39, 0.29) is 5.82 Å². The van der Waals surface area contributed by atoms with Gasteiger partial charge in [-0.05, 0) is 24.3 Å². The maximum atomic E-state index is 13.8. The Labute approximate surface area is 103 Å². The van der Waals surface area contributed by atoms with Gasteiger partial charge in [0, 0.05) is 17.8 Å². The molecule has 1 aromatic carbocycles. The van der Waals surface area contributed by atoms with Gasteiger partial charge in [0.25, 0.3) is 0 Å². The number of hydrogen-bond donors (Lipinski definition) is 0. The molecule has 2 heterocycles. The Morgan fingerprint density at radius 1 is 1.17 bits per heavy atom. The van der Waals surface area contributed by atoms with E-state index in [9.17, 15) is 4.39 Å². The third-order valence-electron chi connectivity index (χ3n) is 2.80. The number of aromatic nitrogens is 2. The molecule has 0 unspecified atom stereocenters. The summed E-state index contributed by atoms with van der Waals surface area (Å²) in [6, 6.07) is 12.1. The molecule has 0 N–H and O–H groups in total. The number of fused-ring (bicyclic) bond motifs is 1. The number of benzene rings is 1. The number of hydrogen-bond acceptors (Lipinski definition) is 2. The second kappa shape index (κ2) is 3.97. The van der Waals surface area contributed by atoms with Gasteiger partial charge < -0.3 is 0 Å². The summed E-state index contributed by atoms with van der Waals surface area (Å²) >= 11 is 0. The molecular weight excluding hydrogens is 229 g/mol. The van der Waals surface area contributed by atoms with Crippen LogP contribution in [0, 0.1) is 17.1 Å². The number of nitrogens with zero attached hydrogens (tertiary/aromatic N) is 3. The summed E-state index contributed by atoms with van der Waals surface area (Å²) < 4.78 is 15.4. The van der Waals surface area contributed by atoms with Crippen LogP contribution in [0.15, 0.2) is 48.8 Å². The predicted octanol–water partition coefficient (Wildman–Crippen LogP) is 3.04. The van der Waals surface area contributed by atoms with E-state index in [2.05, 4.69) is 11.1 Å². The molecule has 2 aromatic heterocycles. The minimum absolute atomic E-state index is 0.343. The highest BCUT2D eigenvalue weighted by Gasteiger charge is 2.12. The van der Waals surface area contributed by atoms with Crippen molar-refractivity contribution >= 4 is 11.0 Å². The number of rotatable bonds is 1. The molecule has 4 heteroatoms. The van der Waals surface area contributed by atoms with Gasteiger partial charge in [-0.1, -0.05) is 12.1 Å². The zero-order valence-electron chi connectivity index (χ0n) is 9.34. The predicted molar refractivity (Wildman–Crippen MR) is 65.7 cm³/mol. The average Bonchev–Trinajstić information content (AvgIpc) is 2.78. The Morgan fingerprint density at radius 2 is 2.00 bits per heavy atom. The molecule has 0 atom stereocenters. The fourth-order valence-electron chi connectivity index (χ4n) is 1.98. The molecule has 0 amide bonds. The Hall–Kier alpha value is -2.67. The van der Waals surface area contributed by atoms with Crippen molar-refractivity contribution in [2.45, 2.75) is 0 Å². The van der Waals surface area contributed by atoms with Crippen LogP contribution in [0.5, 0.6) is 0 Å². The van der Waals surface area contributed by atoms with Crippen LogP contribution >= 0.6 is 0 Å². The van der Waals surface area contributed by atoms with E-state index in [0.717, 1.165) is 5.39 Å². The van der Waals surface area contributed by atoms with Crippen LogP contribution < -0.4 is 0 Å². The third kappa shape index (κ3) is 1.45. The molecule has 0 fully saturated rings. The summed E-state index contributed by atoms with van der Waals surface area (Å²) in [5.74, 6) is -0.343. The molecule has 0 bridgehead atoms. The molecule has 0 saturated carbocycles. The summed E-state index contributed by atoms with van der Waals surface area (Å²) in [5.41, 5.74) is 1.46. The topological polar surface area (TPSA) is 41.6 Å². The monoisotopic (exact) mass is 237 g/mol. The molecular formula is C14H8FN3. The Bertz CT molecular complexity index is 768. The Balaban J connectivity index is 2.38. The molecule has 0 spiro atoms. The lowest BCUT2D eigenvalue weighted by atomic mass is 10.2. The number of nitriles is 1. The van der Waals surface area contributed by atoms with E-state index in [4.69, 9.17) is 5.26 Å². The maximum absolute atomic E-state index is 13.8. The number of para-hydroxylation sites is 1. The van der Waals surface area contributed by atoms with Gasteiger partial charge in [0.2, 0.25) is 0 Å². The average molecular weight is 237 g/mol. The fourth-order valence-corrected chi connectivity index (χ4v) is 1.98. The summed E-state index contributed by atoms with van der Waals surface area (Å²) in [5, 5.41) is 9.81. The normalized spacial score (nSPS) is 10.4. The van der Waals surface area contributed by atoms with Gasteiger partial charge in [0.05, 0.1) is 11.3 Å². The van der Waals surface area contributed by atoms with Gasteiger partial charge in [-0.25, -0.2) is 9.37 Å². The summed E-state index contributed by atoms with van der Waals surface area (Å²) in [4.78, 5) is 4.21. The highest BCUT2D eigenvalue weighted by Crippen LogP contribution is 2.23. The Kier molecular flexibility index (Phi) is 2.31. The SMILES string of the molecule is N#Cc1cn(-c2ccccc2F)c2ncccc12. The molecule has 3 rings (SSSR count). The number of pyridine rings is 1. The van der Waals surface area contributed by atoms with E-state index in [1.54, 1.807) is 47.3 Å². The molecule has 0 radical (unpaired) electrons. The molecule has 0 aliphatic carbocycles. The van der Waals surface area contributed by atoms with Gasteiger partial charge in [0.15, 0.2) is 0 Å². The fraction of sp³-hybridized carbons (Fsp3) is 0. The first-order valence-corrected chi connectivity index (χ1v) is 5.42. The summed E-state index contributed by atoms with van der Waals surface area (Å²) in [6.45, 7) is 0. The van der Waals surface area contributed by atoms with E-state index in [0.29, 0.717) is 16.9 Å². The largest absolute Gasteiger partial charge is 0.297 e. The van der Waals surface area contributed by atoms with Gasteiger partial charge in [-0.3, -0.25) is 4.57 Å². The molecule has 0 saturated heterocycles. The van der Waals surface area contributed by atoms with Crippen LogP contribution in [0.3, 0.4) is 0 Å². The van der Waals surface area contributed by atoms with Gasteiger partial charge in [0.1, 0.15) is 17.5 Å². The van der Waals surface area contributed by atoms with Crippen LogP contribution in [-0.2, 0) is 0 Å². The standard InChI is InChI=1S/C14H8FN3/c15-12-5-1-2-6-13(12)18-9-10(8-16)11-4-3-7-17-14(11)18/h1-7,9H. The molecule has 0 aliphatic rings. The quantitative estimate of drug-likeness (QED) is 0.652. The van der Waals surface area contributed by atoms with Gasteiger partial charge >= 0.3 is 0 Å². The van der Waals surface area contributed by atoms with Crippen molar-refractivity contribution in [1.82, 2.24) is 9.55 Å². The molecule has 0 aliphatic heterocycles. The first-order chi connectivity index (χ1) is 8.81. The lowest BCUT2D eigenvalue weighted by Crippen LogP contribution is -1.96. The van der Waals surface area contributed by atoms with Crippen molar-refractivity contribution in [1.29, 1.82) is 5.26 Å². The van der Waals surface area contributed by atoms with Crippen LogP contribution in [0.4, 0.5) is 4.39 Å². The first-order valence-electron chi connectivity index (χ1n) is 5.42. The zero-order chi connectivity index (χ0) is 12.5. The first kappa shape index (κ1) is 10.5. The van der Waals surface area contributed by atoms with Crippen LogP contribution in [0.1, 0.15) is 5.56 Å². The van der Waals surface area contributed by atoms with Crippen molar-refractivity contribution in [2.24, 2.45) is 0 Å². The summed E-state index contributed by atoms with van der Waals surface area (Å²) in [6.07, 6.45) is 3.23. The maximum Gasteiger partial charge on any atom is 0.147 e. The van der Waals surface area contributed by atoms with Crippen molar-refractivity contribution in [3.63, 3.8) is 0 Å². The van der Waals surface area contributed by atoms with E-state index in [1.165, 1.54) is 6.07 Å². The second-order valence-corrected chi connectivity index (χ2v) is 3.85. The molecule has 86 valence electrons. The lowest BCUT2D eigenvalue weighted by Gasteiger charge is -2.04. The van der Waals surface area contributed by atoms with Crippen molar-refractivity contribution in [2.75, 3.05) is 0 Å². The number of halogens is 1. The smallest absolute Gasteiger partial charge is 0.147 e. The zero-order valence-corrected chi connectivity index (χ0v) is 9.34. The van der Waals surface area contributed by atoms with Crippen molar-refractivity contribution < 1.29 is 4.39 Å². The molecule has 3 aromatic rings. The van der Waals surface area contributed by atoms with E-state index >= 15 is 0 Å². The minimum atomic E-state index is -0.343. The lowest BCUT2D eigenvalue weighted by molar-refractivity contribution is 0.619. The molecule has 18 heavy (non-hydrogen) atoms. The molecule has 3 nitrogen and oxygen atoms in total. The van der Waals surface area contributed by atoms with Crippen molar-refractivity contribution in [3.05, 3.63) is 60.2 Å². The van der Waals surface area contributed by atoms with Crippen LogP contribution in [0.2, 0.25) is 0 Å². The van der Waals surface area contributed by atoms with Gasteiger partial charge in [-0.15, -0.1) is 0 Å².